The topological polar surface area (TPSA) is 37.3 Å². The summed E-state index contributed by atoms with van der Waals surface area (Å²) in [6.07, 6.45) is 2.94. The number of Topliss-reactive ketones (excluding diaryl/α,β-unsaturated/α-hetero) is 1. The lowest BCUT2D eigenvalue weighted by atomic mass is 9.66. The van der Waals surface area contributed by atoms with Gasteiger partial charge in [-0.3, -0.25) is 4.79 Å². The van der Waals surface area contributed by atoms with Crippen LogP contribution < -0.4 is 0 Å². The van der Waals surface area contributed by atoms with Crippen molar-refractivity contribution < 1.29 is 9.90 Å². The molecule has 0 spiro atoms. The second kappa shape index (κ2) is 2.07. The van der Waals surface area contributed by atoms with Crippen molar-refractivity contribution in [1.29, 1.82) is 0 Å². The maximum atomic E-state index is 11.3. The van der Waals surface area contributed by atoms with Crippen molar-refractivity contribution in [3.05, 3.63) is 0 Å². The summed E-state index contributed by atoms with van der Waals surface area (Å²) in [4.78, 5) is 11.3. The van der Waals surface area contributed by atoms with E-state index in [1.807, 2.05) is 0 Å². The van der Waals surface area contributed by atoms with Gasteiger partial charge >= 0.3 is 0 Å². The highest BCUT2D eigenvalue weighted by molar-refractivity contribution is 5.95. The lowest BCUT2D eigenvalue weighted by molar-refractivity contribution is -0.139. The molecule has 3 aliphatic rings. The molecule has 2 heteroatoms. The molecule has 0 amide bonds. The molecule has 11 heavy (non-hydrogen) atoms. The summed E-state index contributed by atoms with van der Waals surface area (Å²) < 4.78 is 0. The molecule has 0 aromatic heterocycles. The molecule has 0 saturated heterocycles. The summed E-state index contributed by atoms with van der Waals surface area (Å²) in [5.74, 6) is 1.29. The fraction of sp³-hybridized carbons (Fsp3) is 0.889. The lowest BCUT2D eigenvalue weighted by Crippen LogP contribution is -2.40. The average molecular weight is 154 g/mol. The Labute approximate surface area is 66.6 Å². The van der Waals surface area contributed by atoms with E-state index in [2.05, 4.69) is 6.92 Å². The van der Waals surface area contributed by atoms with E-state index in [9.17, 15) is 4.79 Å². The number of rotatable bonds is 2. The van der Waals surface area contributed by atoms with Crippen LogP contribution in [-0.2, 0) is 4.79 Å². The molecule has 3 fully saturated rings. The number of hydrogen-bond acceptors (Lipinski definition) is 2. The lowest BCUT2D eigenvalue weighted by Gasteiger charge is -2.35. The molecule has 3 unspecified atom stereocenters. The monoisotopic (exact) mass is 154 g/mol. The van der Waals surface area contributed by atoms with Gasteiger partial charge in [0.25, 0.3) is 0 Å². The fourth-order valence-electron chi connectivity index (χ4n) is 2.79. The summed E-state index contributed by atoms with van der Waals surface area (Å²) in [5, 5.41) is 8.75. The Bertz CT molecular complexity index is 200. The zero-order chi connectivity index (χ0) is 8.06. The minimum Gasteiger partial charge on any atom is -0.396 e. The van der Waals surface area contributed by atoms with Gasteiger partial charge in [-0.15, -0.1) is 0 Å². The molecular formula is C9H14O2. The highest BCUT2D eigenvalue weighted by Gasteiger charge is 2.60. The van der Waals surface area contributed by atoms with Crippen LogP contribution in [0.5, 0.6) is 0 Å². The number of aliphatic hydroxyl groups is 1. The first-order valence-corrected chi connectivity index (χ1v) is 4.33. The van der Waals surface area contributed by atoms with Crippen molar-refractivity contribution in [3.8, 4) is 0 Å². The Hall–Kier alpha value is -0.370. The maximum absolute atomic E-state index is 11.3. The van der Waals surface area contributed by atoms with E-state index < -0.39 is 0 Å². The molecule has 0 aromatic rings. The molecule has 0 aliphatic heterocycles. The molecule has 3 atom stereocenters. The molecule has 0 heterocycles. The van der Waals surface area contributed by atoms with Gasteiger partial charge in [0.15, 0.2) is 0 Å². The third kappa shape index (κ3) is 0.734. The van der Waals surface area contributed by atoms with Crippen LogP contribution in [0.4, 0.5) is 0 Å². The normalized spacial score (nSPS) is 47.6. The predicted octanol–water partition coefficient (Wildman–Crippen LogP) is 0.984. The van der Waals surface area contributed by atoms with Gasteiger partial charge in [-0.05, 0) is 25.2 Å². The summed E-state index contributed by atoms with van der Waals surface area (Å²) in [7, 11) is 0. The average Bonchev–Trinajstić information content (AvgIpc) is 2.41. The minimum atomic E-state index is -0.0343. The van der Waals surface area contributed by atoms with Crippen LogP contribution in [0.1, 0.15) is 26.2 Å². The van der Waals surface area contributed by atoms with Crippen LogP contribution in [0.15, 0.2) is 0 Å². The molecule has 0 aromatic carbocycles. The number of aliphatic hydroxyl groups excluding tert-OH is 1. The number of hydrogen-bond donors (Lipinski definition) is 1. The minimum absolute atomic E-state index is 0.0343. The molecule has 0 radical (unpaired) electrons. The molecule has 3 saturated carbocycles. The van der Waals surface area contributed by atoms with Crippen LogP contribution in [0, 0.1) is 17.3 Å². The zero-order valence-electron chi connectivity index (χ0n) is 6.84. The summed E-state index contributed by atoms with van der Waals surface area (Å²) in [5.41, 5.74) is -0.0343. The maximum Gasteiger partial charge on any atom is 0.142 e. The van der Waals surface area contributed by atoms with E-state index in [1.165, 1.54) is 0 Å². The SMILES string of the molecule is CC12CC(CC1CCO)C2=O. The van der Waals surface area contributed by atoms with Crippen molar-refractivity contribution in [1.82, 2.24) is 0 Å². The van der Waals surface area contributed by atoms with Gasteiger partial charge in [-0.2, -0.15) is 0 Å². The van der Waals surface area contributed by atoms with Crippen LogP contribution in [0.2, 0.25) is 0 Å². The molecular weight excluding hydrogens is 140 g/mol. The first-order chi connectivity index (χ1) is 5.18. The number of carbonyl (C=O) groups excluding carboxylic acids is 1. The van der Waals surface area contributed by atoms with E-state index >= 15 is 0 Å². The second-order valence-electron chi connectivity index (χ2n) is 4.13. The van der Waals surface area contributed by atoms with Crippen molar-refractivity contribution in [2.75, 3.05) is 6.61 Å². The Balaban J connectivity index is 2.11. The Kier molecular flexibility index (Phi) is 1.37. The molecule has 3 rings (SSSR count). The molecule has 2 bridgehead atoms. The van der Waals surface area contributed by atoms with E-state index in [-0.39, 0.29) is 12.0 Å². The van der Waals surface area contributed by atoms with Gasteiger partial charge in [-0.1, -0.05) is 6.92 Å². The van der Waals surface area contributed by atoms with Crippen LogP contribution >= 0.6 is 0 Å². The number of carbonyl (C=O) groups is 1. The van der Waals surface area contributed by atoms with Gasteiger partial charge in [-0.25, -0.2) is 0 Å². The molecule has 2 nitrogen and oxygen atoms in total. The van der Waals surface area contributed by atoms with Gasteiger partial charge in [0.05, 0.1) is 0 Å². The van der Waals surface area contributed by atoms with Crippen molar-refractivity contribution in [3.63, 3.8) is 0 Å². The quantitative estimate of drug-likeness (QED) is 0.644. The van der Waals surface area contributed by atoms with Crippen LogP contribution in [-0.4, -0.2) is 17.5 Å². The largest absolute Gasteiger partial charge is 0.396 e. The van der Waals surface area contributed by atoms with Crippen LogP contribution in [0.3, 0.4) is 0 Å². The van der Waals surface area contributed by atoms with Gasteiger partial charge in [0.2, 0.25) is 0 Å². The van der Waals surface area contributed by atoms with E-state index in [4.69, 9.17) is 5.11 Å². The molecule has 3 aliphatic carbocycles. The molecule has 1 N–H and O–H groups in total. The molecule has 62 valence electrons. The van der Waals surface area contributed by atoms with Crippen molar-refractivity contribution in [2.45, 2.75) is 26.2 Å². The first-order valence-electron chi connectivity index (χ1n) is 4.33. The third-order valence-corrected chi connectivity index (χ3v) is 3.55. The summed E-state index contributed by atoms with van der Waals surface area (Å²) >= 11 is 0. The van der Waals surface area contributed by atoms with Gasteiger partial charge in [0.1, 0.15) is 5.78 Å². The van der Waals surface area contributed by atoms with Gasteiger partial charge < -0.3 is 5.11 Å². The smallest absolute Gasteiger partial charge is 0.142 e. The number of fused-ring (bicyclic) bond motifs is 1. The Morgan fingerprint density at radius 2 is 2.45 bits per heavy atom. The Morgan fingerprint density at radius 3 is 2.82 bits per heavy atom. The third-order valence-electron chi connectivity index (χ3n) is 3.55. The highest BCUT2D eigenvalue weighted by Crippen LogP contribution is 2.59. The number of ketones is 1. The van der Waals surface area contributed by atoms with E-state index in [1.54, 1.807) is 0 Å². The van der Waals surface area contributed by atoms with Gasteiger partial charge in [0, 0.05) is 17.9 Å². The van der Waals surface area contributed by atoms with E-state index in [0.717, 1.165) is 19.3 Å². The second-order valence-corrected chi connectivity index (χ2v) is 4.13. The first kappa shape index (κ1) is 7.29. The highest BCUT2D eigenvalue weighted by atomic mass is 16.3. The summed E-state index contributed by atoms with van der Waals surface area (Å²) in [6, 6.07) is 0. The zero-order valence-corrected chi connectivity index (χ0v) is 6.84. The summed E-state index contributed by atoms with van der Waals surface area (Å²) in [6.45, 7) is 2.29. The van der Waals surface area contributed by atoms with E-state index in [0.29, 0.717) is 17.6 Å². The predicted molar refractivity (Wildman–Crippen MR) is 41.0 cm³/mol. The Morgan fingerprint density at radius 1 is 1.73 bits per heavy atom. The van der Waals surface area contributed by atoms with Crippen LogP contribution in [0.25, 0.3) is 0 Å². The standard InChI is InChI=1S/C9H14O2/c1-9-5-6(8(9)11)4-7(9)2-3-10/h6-7,10H,2-5H2,1H3. The van der Waals surface area contributed by atoms with Crippen molar-refractivity contribution >= 4 is 5.78 Å². The van der Waals surface area contributed by atoms with Crippen molar-refractivity contribution in [2.24, 2.45) is 17.3 Å². The fourth-order valence-corrected chi connectivity index (χ4v) is 2.79.